The zero-order valence-corrected chi connectivity index (χ0v) is 43.4. The average Bonchev–Trinajstić information content (AvgIpc) is 3.31. The van der Waals surface area contributed by atoms with Gasteiger partial charge in [0.2, 0.25) is 0 Å². The Morgan fingerprint density at radius 2 is 0.591 bits per heavy atom. The van der Waals surface area contributed by atoms with Crippen LogP contribution in [0, 0.1) is 0 Å². The Hall–Kier alpha value is -3.15. The molecule has 0 heterocycles. The standard InChI is InChI=1S/C60H104O6/c1-4-7-10-13-16-19-22-25-28-30-33-35-38-41-44-47-50-53-59(62)65-56-57(55-64-58(61)52-49-46-43-40-37-34-31-27-24-21-18-15-12-9-6-3)66-60(63)54-51-48-45-42-39-36-32-29-26-23-20-17-14-11-8-5-2/h7,10,16,19-20,23,25,28-29,32-33,35,57H,4-6,8-9,11-15,17-18,21-22,24,26-27,30-31,34,36-56H2,1-3H3/b10-7-,19-16-,23-20-,28-25-,32-29-,35-33-. The maximum Gasteiger partial charge on any atom is 0.306 e. The van der Waals surface area contributed by atoms with Gasteiger partial charge in [0.15, 0.2) is 6.10 Å². The Kier molecular flexibility index (Phi) is 51.9. The third-order valence-electron chi connectivity index (χ3n) is 11.9. The molecule has 0 amide bonds. The molecule has 1 atom stereocenters. The minimum Gasteiger partial charge on any atom is -0.462 e. The fraction of sp³-hybridized carbons (Fsp3) is 0.750. The lowest BCUT2D eigenvalue weighted by atomic mass is 10.0. The monoisotopic (exact) mass is 921 g/mol. The second-order valence-electron chi connectivity index (χ2n) is 18.5. The lowest BCUT2D eigenvalue weighted by Gasteiger charge is -2.18. The van der Waals surface area contributed by atoms with Gasteiger partial charge in [-0.05, 0) is 89.9 Å². The number of hydrogen-bond donors (Lipinski definition) is 0. The van der Waals surface area contributed by atoms with Crippen LogP contribution < -0.4 is 0 Å². The number of rotatable bonds is 50. The zero-order valence-electron chi connectivity index (χ0n) is 43.4. The Labute approximate surface area is 408 Å². The Bertz CT molecular complexity index is 1240. The topological polar surface area (TPSA) is 78.9 Å². The van der Waals surface area contributed by atoms with Gasteiger partial charge in [0.05, 0.1) is 0 Å². The predicted octanol–water partition coefficient (Wildman–Crippen LogP) is 18.6. The fourth-order valence-electron chi connectivity index (χ4n) is 7.76. The van der Waals surface area contributed by atoms with Crippen molar-refractivity contribution in [1.29, 1.82) is 0 Å². The van der Waals surface area contributed by atoms with Crippen molar-refractivity contribution < 1.29 is 28.6 Å². The van der Waals surface area contributed by atoms with Gasteiger partial charge in [-0.15, -0.1) is 0 Å². The molecule has 0 aliphatic heterocycles. The summed E-state index contributed by atoms with van der Waals surface area (Å²) in [6.07, 6.45) is 68.8. The highest BCUT2D eigenvalue weighted by atomic mass is 16.6. The minimum absolute atomic E-state index is 0.0871. The number of allylic oxidation sites excluding steroid dienone is 12. The van der Waals surface area contributed by atoms with Gasteiger partial charge in [-0.3, -0.25) is 14.4 Å². The summed E-state index contributed by atoms with van der Waals surface area (Å²) < 4.78 is 16.8. The van der Waals surface area contributed by atoms with Gasteiger partial charge in [-0.25, -0.2) is 0 Å². The molecule has 0 saturated heterocycles. The number of carbonyl (C=O) groups excluding carboxylic acids is 3. The van der Waals surface area contributed by atoms with E-state index >= 15 is 0 Å². The van der Waals surface area contributed by atoms with E-state index in [0.717, 1.165) is 122 Å². The van der Waals surface area contributed by atoms with Gasteiger partial charge in [-0.1, -0.05) is 235 Å². The smallest absolute Gasteiger partial charge is 0.306 e. The molecule has 6 nitrogen and oxygen atoms in total. The molecule has 0 aliphatic rings. The molecular weight excluding hydrogens is 817 g/mol. The minimum atomic E-state index is -0.791. The van der Waals surface area contributed by atoms with Gasteiger partial charge in [0.25, 0.3) is 0 Å². The molecule has 0 aromatic carbocycles. The molecule has 0 aromatic rings. The second kappa shape index (κ2) is 54.5. The number of esters is 3. The van der Waals surface area contributed by atoms with Gasteiger partial charge in [0.1, 0.15) is 13.2 Å². The van der Waals surface area contributed by atoms with Gasteiger partial charge < -0.3 is 14.2 Å². The maximum absolute atomic E-state index is 12.8. The second-order valence-corrected chi connectivity index (χ2v) is 18.5. The first-order valence-electron chi connectivity index (χ1n) is 27.9. The van der Waals surface area contributed by atoms with Crippen molar-refractivity contribution in [2.24, 2.45) is 0 Å². The largest absolute Gasteiger partial charge is 0.462 e. The first kappa shape index (κ1) is 62.8. The highest BCUT2D eigenvalue weighted by molar-refractivity contribution is 5.71. The Morgan fingerprint density at radius 1 is 0.318 bits per heavy atom. The fourth-order valence-corrected chi connectivity index (χ4v) is 7.76. The van der Waals surface area contributed by atoms with E-state index in [-0.39, 0.29) is 31.1 Å². The van der Waals surface area contributed by atoms with Crippen LogP contribution in [-0.4, -0.2) is 37.2 Å². The van der Waals surface area contributed by atoms with Crippen molar-refractivity contribution in [2.75, 3.05) is 13.2 Å². The van der Waals surface area contributed by atoms with Crippen LogP contribution in [0.1, 0.15) is 271 Å². The lowest BCUT2D eigenvalue weighted by Crippen LogP contribution is -2.30. The van der Waals surface area contributed by atoms with Crippen molar-refractivity contribution in [2.45, 2.75) is 277 Å². The average molecular weight is 921 g/mol. The van der Waals surface area contributed by atoms with Crippen molar-refractivity contribution in [3.63, 3.8) is 0 Å². The summed E-state index contributed by atoms with van der Waals surface area (Å²) in [6, 6.07) is 0. The number of hydrogen-bond acceptors (Lipinski definition) is 6. The van der Waals surface area contributed by atoms with E-state index in [1.54, 1.807) is 0 Å². The predicted molar refractivity (Wildman–Crippen MR) is 284 cm³/mol. The third-order valence-corrected chi connectivity index (χ3v) is 11.9. The summed E-state index contributed by atoms with van der Waals surface area (Å²) in [5.74, 6) is -0.918. The van der Waals surface area contributed by atoms with Gasteiger partial charge in [-0.2, -0.15) is 0 Å². The van der Waals surface area contributed by atoms with E-state index in [4.69, 9.17) is 14.2 Å². The van der Waals surface area contributed by atoms with E-state index in [1.165, 1.54) is 109 Å². The van der Waals surface area contributed by atoms with Crippen LogP contribution in [0.5, 0.6) is 0 Å². The Morgan fingerprint density at radius 3 is 0.939 bits per heavy atom. The van der Waals surface area contributed by atoms with E-state index in [0.29, 0.717) is 19.3 Å². The zero-order chi connectivity index (χ0) is 47.9. The van der Waals surface area contributed by atoms with Gasteiger partial charge >= 0.3 is 17.9 Å². The molecule has 0 saturated carbocycles. The van der Waals surface area contributed by atoms with Crippen LogP contribution in [0.3, 0.4) is 0 Å². The van der Waals surface area contributed by atoms with Crippen LogP contribution in [-0.2, 0) is 28.6 Å². The number of unbranched alkanes of at least 4 members (excludes halogenated alkanes) is 27. The molecule has 0 spiro atoms. The van der Waals surface area contributed by atoms with Gasteiger partial charge in [0, 0.05) is 19.3 Å². The molecule has 0 N–H and O–H groups in total. The van der Waals surface area contributed by atoms with Crippen LogP contribution in [0.2, 0.25) is 0 Å². The molecule has 0 aliphatic carbocycles. The molecule has 6 heteroatoms. The van der Waals surface area contributed by atoms with Crippen LogP contribution in [0.15, 0.2) is 72.9 Å². The molecule has 0 aromatic heterocycles. The summed E-state index contributed by atoms with van der Waals surface area (Å²) in [4.78, 5) is 38.1. The van der Waals surface area contributed by atoms with Crippen molar-refractivity contribution in [1.82, 2.24) is 0 Å². The number of ether oxygens (including phenoxy) is 3. The first-order chi connectivity index (χ1) is 32.5. The van der Waals surface area contributed by atoms with Crippen LogP contribution in [0.25, 0.3) is 0 Å². The Balaban J connectivity index is 4.44. The quantitative estimate of drug-likeness (QED) is 0.0262. The molecule has 0 bridgehead atoms. The summed E-state index contributed by atoms with van der Waals surface area (Å²) in [6.45, 7) is 6.49. The number of carbonyl (C=O) groups is 3. The summed E-state index contributed by atoms with van der Waals surface area (Å²) >= 11 is 0. The normalized spacial score (nSPS) is 12.6. The SMILES string of the molecule is CC/C=C\C/C=C\C/C=C\C/C=C\CCCCCCC(=O)OCC(COC(=O)CCCCCCCCCCCCCCCCC)OC(=O)CCCCCCC/C=C\C/C=C\CCCCCC. The van der Waals surface area contributed by atoms with Crippen molar-refractivity contribution >= 4 is 17.9 Å². The molecule has 0 radical (unpaired) electrons. The van der Waals surface area contributed by atoms with E-state index in [1.807, 2.05) is 0 Å². The van der Waals surface area contributed by atoms with Crippen molar-refractivity contribution in [3.05, 3.63) is 72.9 Å². The highest BCUT2D eigenvalue weighted by Gasteiger charge is 2.19. The molecule has 1 unspecified atom stereocenters. The third kappa shape index (κ3) is 51.8. The molecule has 0 rings (SSSR count). The van der Waals surface area contributed by atoms with Crippen molar-refractivity contribution in [3.8, 4) is 0 Å². The maximum atomic E-state index is 12.8. The molecule has 380 valence electrons. The molecule has 66 heavy (non-hydrogen) atoms. The first-order valence-corrected chi connectivity index (χ1v) is 27.9. The molecular formula is C60H104O6. The van der Waals surface area contributed by atoms with E-state index < -0.39 is 6.10 Å². The lowest BCUT2D eigenvalue weighted by molar-refractivity contribution is -0.167. The van der Waals surface area contributed by atoms with Crippen LogP contribution >= 0.6 is 0 Å². The molecule has 0 fully saturated rings. The highest BCUT2D eigenvalue weighted by Crippen LogP contribution is 2.15. The summed E-state index contributed by atoms with van der Waals surface area (Å²) in [5.41, 5.74) is 0. The van der Waals surface area contributed by atoms with E-state index in [9.17, 15) is 14.4 Å². The van der Waals surface area contributed by atoms with E-state index in [2.05, 4.69) is 93.7 Å². The summed E-state index contributed by atoms with van der Waals surface area (Å²) in [7, 11) is 0. The summed E-state index contributed by atoms with van der Waals surface area (Å²) in [5, 5.41) is 0. The van der Waals surface area contributed by atoms with Crippen LogP contribution in [0.4, 0.5) is 0 Å².